The second-order valence-electron chi connectivity index (χ2n) is 3.48. The predicted molar refractivity (Wildman–Crippen MR) is 66.9 cm³/mol. The molecule has 0 saturated heterocycles. The highest BCUT2D eigenvalue weighted by Gasteiger charge is 1.98. The molecule has 16 heavy (non-hydrogen) atoms. The number of hydrogen-bond donors (Lipinski definition) is 1. The van der Waals surface area contributed by atoms with Crippen molar-refractivity contribution < 1.29 is 4.84 Å². The Morgan fingerprint density at radius 3 is 2.50 bits per heavy atom. The molecule has 0 saturated carbocycles. The molecule has 0 bridgehead atoms. The summed E-state index contributed by atoms with van der Waals surface area (Å²) in [6.07, 6.45) is 0. The Morgan fingerprint density at radius 1 is 1.06 bits per heavy atom. The second-order valence-corrected chi connectivity index (χ2v) is 3.89. The third-order valence-corrected chi connectivity index (χ3v) is 2.61. The van der Waals surface area contributed by atoms with Gasteiger partial charge in [-0.3, -0.25) is 0 Å². The van der Waals surface area contributed by atoms with Gasteiger partial charge in [0.2, 0.25) is 0 Å². The summed E-state index contributed by atoms with van der Waals surface area (Å²) in [5, 5.41) is 0.724. The summed E-state index contributed by atoms with van der Waals surface area (Å²) in [6, 6.07) is 15.2. The number of halogens is 1. The summed E-state index contributed by atoms with van der Waals surface area (Å²) in [5.41, 5.74) is 4.73. The SMILES string of the molecule is Cc1ccc(NOc2ccccc2)cc1Cl. The Labute approximate surface area is 99.8 Å². The number of aryl methyl sites for hydroxylation is 1. The summed E-state index contributed by atoms with van der Waals surface area (Å²) in [6.45, 7) is 1.96. The molecule has 0 aliphatic heterocycles. The topological polar surface area (TPSA) is 21.3 Å². The highest BCUT2D eigenvalue weighted by molar-refractivity contribution is 6.31. The van der Waals surface area contributed by atoms with Crippen molar-refractivity contribution in [1.82, 2.24) is 0 Å². The predicted octanol–water partition coefficient (Wildman–Crippen LogP) is 4.05. The van der Waals surface area contributed by atoms with Gasteiger partial charge < -0.3 is 4.84 Å². The van der Waals surface area contributed by atoms with E-state index in [0.29, 0.717) is 0 Å². The van der Waals surface area contributed by atoms with Crippen molar-refractivity contribution in [3.05, 3.63) is 59.1 Å². The van der Waals surface area contributed by atoms with Crippen molar-refractivity contribution in [2.24, 2.45) is 0 Å². The fourth-order valence-electron chi connectivity index (χ4n) is 1.26. The van der Waals surface area contributed by atoms with Gasteiger partial charge in [-0.15, -0.1) is 0 Å². The van der Waals surface area contributed by atoms with Crippen LogP contribution in [-0.4, -0.2) is 0 Å². The van der Waals surface area contributed by atoms with Gasteiger partial charge in [-0.2, -0.15) is 0 Å². The number of benzene rings is 2. The lowest BCUT2D eigenvalue weighted by Gasteiger charge is -2.08. The van der Waals surface area contributed by atoms with Crippen LogP contribution in [0, 0.1) is 6.92 Å². The van der Waals surface area contributed by atoms with E-state index in [0.717, 1.165) is 22.0 Å². The summed E-state index contributed by atoms with van der Waals surface area (Å²) in [7, 11) is 0. The maximum Gasteiger partial charge on any atom is 0.155 e. The van der Waals surface area contributed by atoms with E-state index in [-0.39, 0.29) is 0 Å². The molecule has 0 aliphatic rings. The highest BCUT2D eigenvalue weighted by atomic mass is 35.5. The molecule has 0 spiro atoms. The Bertz CT molecular complexity index is 471. The molecule has 1 N–H and O–H groups in total. The molecular weight excluding hydrogens is 222 g/mol. The molecule has 2 nitrogen and oxygen atoms in total. The van der Waals surface area contributed by atoms with Crippen LogP contribution in [0.15, 0.2) is 48.5 Å². The Balaban J connectivity index is 2.03. The first-order chi connectivity index (χ1) is 7.75. The molecule has 2 rings (SSSR count). The highest BCUT2D eigenvalue weighted by Crippen LogP contribution is 2.20. The summed E-state index contributed by atoms with van der Waals surface area (Å²) in [4.78, 5) is 5.38. The number of para-hydroxylation sites is 1. The third kappa shape index (κ3) is 2.67. The van der Waals surface area contributed by atoms with Crippen LogP contribution in [0.2, 0.25) is 5.02 Å². The Morgan fingerprint density at radius 2 is 1.81 bits per heavy atom. The second kappa shape index (κ2) is 4.90. The van der Waals surface area contributed by atoms with Crippen LogP contribution in [0.1, 0.15) is 5.56 Å². The zero-order valence-electron chi connectivity index (χ0n) is 8.91. The average molecular weight is 234 g/mol. The van der Waals surface area contributed by atoms with Crippen molar-refractivity contribution in [1.29, 1.82) is 0 Å². The maximum atomic E-state index is 6.00. The van der Waals surface area contributed by atoms with Crippen molar-refractivity contribution in [2.45, 2.75) is 6.92 Å². The molecule has 2 aromatic rings. The Hall–Kier alpha value is -1.67. The molecule has 2 aromatic carbocycles. The van der Waals surface area contributed by atoms with Crippen LogP contribution < -0.4 is 10.3 Å². The zero-order chi connectivity index (χ0) is 11.4. The van der Waals surface area contributed by atoms with Gasteiger partial charge >= 0.3 is 0 Å². The summed E-state index contributed by atoms with van der Waals surface area (Å²) in [5.74, 6) is 0.763. The lowest BCUT2D eigenvalue weighted by molar-refractivity contribution is 0.405. The first-order valence-electron chi connectivity index (χ1n) is 5.00. The van der Waals surface area contributed by atoms with Crippen LogP contribution in [0.5, 0.6) is 5.75 Å². The monoisotopic (exact) mass is 233 g/mol. The largest absolute Gasteiger partial charge is 0.382 e. The molecular formula is C13H12ClNO. The number of nitrogens with one attached hydrogen (secondary N) is 1. The molecule has 0 aliphatic carbocycles. The minimum absolute atomic E-state index is 0.724. The fraction of sp³-hybridized carbons (Fsp3) is 0.0769. The van der Waals surface area contributed by atoms with E-state index >= 15 is 0 Å². The van der Waals surface area contributed by atoms with Crippen molar-refractivity contribution >= 4 is 17.3 Å². The third-order valence-electron chi connectivity index (χ3n) is 2.20. The molecule has 0 atom stereocenters. The van der Waals surface area contributed by atoms with Crippen LogP contribution in [0.25, 0.3) is 0 Å². The standard InChI is InChI=1S/C13H12ClNO/c1-10-7-8-11(9-13(10)14)15-16-12-5-3-2-4-6-12/h2-9,15H,1H3. The van der Waals surface area contributed by atoms with Gasteiger partial charge in [-0.05, 0) is 36.8 Å². The molecule has 0 heterocycles. The lowest BCUT2D eigenvalue weighted by atomic mass is 10.2. The first kappa shape index (κ1) is 10.8. The normalized spacial score (nSPS) is 9.88. The van der Waals surface area contributed by atoms with E-state index in [4.69, 9.17) is 16.4 Å². The Kier molecular flexibility index (Phi) is 3.32. The number of anilines is 1. The smallest absolute Gasteiger partial charge is 0.155 e. The first-order valence-corrected chi connectivity index (χ1v) is 5.37. The van der Waals surface area contributed by atoms with Gasteiger partial charge in [0.1, 0.15) is 0 Å². The fourth-order valence-corrected chi connectivity index (χ4v) is 1.44. The van der Waals surface area contributed by atoms with E-state index in [2.05, 4.69) is 5.48 Å². The summed E-state index contributed by atoms with van der Waals surface area (Å²) < 4.78 is 0. The van der Waals surface area contributed by atoms with Crippen molar-refractivity contribution in [3.8, 4) is 5.75 Å². The molecule has 0 aromatic heterocycles. The molecule has 0 amide bonds. The van der Waals surface area contributed by atoms with Crippen molar-refractivity contribution in [3.63, 3.8) is 0 Å². The van der Waals surface area contributed by atoms with Gasteiger partial charge in [0.25, 0.3) is 0 Å². The molecule has 0 fully saturated rings. The van der Waals surface area contributed by atoms with Gasteiger partial charge in [0.15, 0.2) is 5.75 Å². The van der Waals surface area contributed by atoms with E-state index in [1.165, 1.54) is 0 Å². The summed E-state index contributed by atoms with van der Waals surface area (Å²) >= 11 is 6.00. The number of hydrogen-bond acceptors (Lipinski definition) is 2. The van der Waals surface area contributed by atoms with E-state index in [1.54, 1.807) is 0 Å². The minimum atomic E-state index is 0.724. The zero-order valence-corrected chi connectivity index (χ0v) is 9.66. The van der Waals surface area contributed by atoms with E-state index in [9.17, 15) is 0 Å². The maximum absolute atomic E-state index is 6.00. The minimum Gasteiger partial charge on any atom is -0.382 e. The van der Waals surface area contributed by atoms with Crippen molar-refractivity contribution in [2.75, 3.05) is 5.48 Å². The van der Waals surface area contributed by atoms with Gasteiger partial charge in [-0.1, -0.05) is 35.9 Å². The van der Waals surface area contributed by atoms with Crippen LogP contribution in [0.4, 0.5) is 5.69 Å². The van der Waals surface area contributed by atoms with Crippen LogP contribution in [-0.2, 0) is 0 Å². The molecule has 82 valence electrons. The lowest BCUT2D eigenvalue weighted by Crippen LogP contribution is -2.04. The van der Waals surface area contributed by atoms with Gasteiger partial charge in [-0.25, -0.2) is 5.48 Å². The number of rotatable bonds is 3. The van der Waals surface area contributed by atoms with E-state index < -0.39 is 0 Å². The van der Waals surface area contributed by atoms with Crippen LogP contribution in [0.3, 0.4) is 0 Å². The van der Waals surface area contributed by atoms with E-state index in [1.807, 2.05) is 55.5 Å². The van der Waals surface area contributed by atoms with Gasteiger partial charge in [0.05, 0.1) is 5.69 Å². The average Bonchev–Trinajstić information content (AvgIpc) is 2.32. The molecule has 0 radical (unpaired) electrons. The molecule has 3 heteroatoms. The van der Waals surface area contributed by atoms with Gasteiger partial charge in [0, 0.05) is 5.02 Å². The van der Waals surface area contributed by atoms with Crippen LogP contribution >= 0.6 is 11.6 Å². The quantitative estimate of drug-likeness (QED) is 0.808. The molecule has 0 unspecified atom stereocenters.